The first-order valence-electron chi connectivity index (χ1n) is 13.1. The number of nitrogens with one attached hydrogen (secondary N) is 3. The van der Waals surface area contributed by atoms with E-state index in [4.69, 9.17) is 22.0 Å². The zero-order valence-electron chi connectivity index (χ0n) is 24.1. The number of nitrogen functional groups attached to an aromatic ring is 2. The number of β-lactam (4-membered cyclic amide) rings is 1. The SMILES string of the molecule is Cn1c(N)c(NC(=O)NCCN)c[n+]1CC1=C(C(=O)O)N2C(=O)[C@H](NC(=O)/C(=N\OC(C)(C)C(=O)O)c3nsc(N)n3)C2SC1. The number of nitrogens with zero attached hydrogens (tertiary/aromatic N) is 6. The fourth-order valence-corrected chi connectivity index (χ4v) is 5.91. The van der Waals surface area contributed by atoms with Crippen molar-refractivity contribution in [2.75, 3.05) is 35.6 Å². The lowest BCUT2D eigenvalue weighted by molar-refractivity contribution is -0.765. The van der Waals surface area contributed by atoms with Crippen LogP contribution in [0.15, 0.2) is 22.6 Å². The van der Waals surface area contributed by atoms with Crippen molar-refractivity contribution in [3.63, 3.8) is 0 Å². The number of hydrogen-bond donors (Lipinski definition) is 8. The second kappa shape index (κ2) is 13.0. The Hall–Kier alpha value is -4.96. The van der Waals surface area contributed by atoms with E-state index in [1.807, 2.05) is 0 Å². The third-order valence-corrected chi connectivity index (χ3v) is 8.49. The molecule has 20 nitrogen and oxygen atoms in total. The van der Waals surface area contributed by atoms with Gasteiger partial charge in [0.05, 0.1) is 7.05 Å². The van der Waals surface area contributed by atoms with Gasteiger partial charge in [0.25, 0.3) is 11.8 Å². The number of amides is 4. The van der Waals surface area contributed by atoms with Crippen molar-refractivity contribution in [1.29, 1.82) is 0 Å². The number of urea groups is 1. The Balaban J connectivity index is 1.54. The molecule has 1 fully saturated rings. The fourth-order valence-electron chi connectivity index (χ4n) is 4.14. The van der Waals surface area contributed by atoms with Gasteiger partial charge in [0.15, 0.2) is 23.2 Å². The molecule has 0 aromatic carbocycles. The average molecular weight is 668 g/mol. The molecule has 0 bridgehead atoms. The lowest BCUT2D eigenvalue weighted by atomic mass is 10.0. The quantitative estimate of drug-likeness (QED) is 0.0500. The van der Waals surface area contributed by atoms with E-state index in [9.17, 15) is 34.2 Å². The number of thioether (sulfide) groups is 1. The van der Waals surface area contributed by atoms with Crippen LogP contribution in [-0.2, 0) is 37.6 Å². The van der Waals surface area contributed by atoms with Gasteiger partial charge in [-0.25, -0.2) is 14.4 Å². The number of rotatable bonds is 12. The number of carboxylic acid groups (broad SMARTS) is 2. The summed E-state index contributed by atoms with van der Waals surface area (Å²) in [6, 6.07) is -1.68. The summed E-state index contributed by atoms with van der Waals surface area (Å²) in [6.07, 6.45) is 1.52. The van der Waals surface area contributed by atoms with Crippen LogP contribution in [-0.4, -0.2) is 101 Å². The Labute approximate surface area is 262 Å². The number of nitrogens with two attached hydrogens (primary N) is 3. The summed E-state index contributed by atoms with van der Waals surface area (Å²) in [6.45, 7) is 2.92. The molecule has 4 heterocycles. The second-order valence-corrected chi connectivity index (χ2v) is 12.0. The number of aromatic nitrogens is 4. The van der Waals surface area contributed by atoms with Gasteiger partial charge < -0.3 is 42.9 Å². The van der Waals surface area contributed by atoms with Crippen molar-refractivity contribution >= 4 is 75.4 Å². The molecule has 0 radical (unpaired) electrons. The Morgan fingerprint density at radius 1 is 1.27 bits per heavy atom. The lowest BCUT2D eigenvalue weighted by Crippen LogP contribution is -2.71. The van der Waals surface area contributed by atoms with E-state index in [1.54, 1.807) is 11.7 Å². The van der Waals surface area contributed by atoms with Crippen LogP contribution in [0.3, 0.4) is 0 Å². The predicted octanol–water partition coefficient (Wildman–Crippen LogP) is -2.57. The maximum absolute atomic E-state index is 13.3. The first kappa shape index (κ1) is 32.9. The lowest BCUT2D eigenvalue weighted by Gasteiger charge is -2.49. The van der Waals surface area contributed by atoms with E-state index >= 15 is 0 Å². The van der Waals surface area contributed by atoms with Crippen LogP contribution in [0, 0.1) is 0 Å². The fraction of sp³-hybridized carbons (Fsp3) is 0.435. The summed E-state index contributed by atoms with van der Waals surface area (Å²) in [4.78, 5) is 72.4. The van der Waals surface area contributed by atoms with Crippen molar-refractivity contribution in [2.45, 2.75) is 37.4 Å². The highest BCUT2D eigenvalue weighted by molar-refractivity contribution is 8.00. The van der Waals surface area contributed by atoms with Gasteiger partial charge in [-0.05, 0) is 13.8 Å². The molecule has 1 saturated heterocycles. The van der Waals surface area contributed by atoms with Gasteiger partial charge in [-0.15, -0.1) is 21.1 Å². The van der Waals surface area contributed by atoms with Gasteiger partial charge >= 0.3 is 18.0 Å². The van der Waals surface area contributed by atoms with Gasteiger partial charge in [-0.3, -0.25) is 19.8 Å². The van der Waals surface area contributed by atoms with Gasteiger partial charge in [0.1, 0.15) is 17.1 Å². The molecule has 2 aromatic heterocycles. The van der Waals surface area contributed by atoms with Gasteiger partial charge in [-0.1, -0.05) is 5.16 Å². The van der Waals surface area contributed by atoms with Crippen molar-refractivity contribution in [3.05, 3.63) is 23.3 Å². The number of hydrogen-bond acceptors (Lipinski definition) is 14. The molecule has 2 atom stereocenters. The molecule has 0 aliphatic carbocycles. The zero-order chi connectivity index (χ0) is 33.2. The normalized spacial score (nSPS) is 18.2. The molecule has 22 heteroatoms. The Morgan fingerprint density at radius 3 is 2.58 bits per heavy atom. The summed E-state index contributed by atoms with van der Waals surface area (Å²) in [5, 5.41) is 29.9. The molecule has 45 heavy (non-hydrogen) atoms. The maximum atomic E-state index is 13.3. The van der Waals surface area contributed by atoms with Crippen LogP contribution in [0.25, 0.3) is 0 Å². The summed E-state index contributed by atoms with van der Waals surface area (Å²) < 4.78 is 7.00. The number of oxime groups is 1. The van der Waals surface area contributed by atoms with E-state index in [-0.39, 0.29) is 53.5 Å². The van der Waals surface area contributed by atoms with Crippen molar-refractivity contribution < 1.29 is 43.7 Å². The Bertz CT molecular complexity index is 1620. The highest BCUT2D eigenvalue weighted by atomic mass is 32.2. The van der Waals surface area contributed by atoms with Crippen LogP contribution in [0.4, 0.5) is 21.4 Å². The minimum absolute atomic E-state index is 0.00361. The monoisotopic (exact) mass is 667 g/mol. The highest BCUT2D eigenvalue weighted by Crippen LogP contribution is 2.40. The van der Waals surface area contributed by atoms with E-state index in [0.29, 0.717) is 5.57 Å². The molecular formula is C23H31N12O8S2+. The number of fused-ring (bicyclic) bond motifs is 1. The van der Waals surface area contributed by atoms with Crippen LogP contribution < -0.4 is 37.8 Å². The summed E-state index contributed by atoms with van der Waals surface area (Å²) in [5.41, 5.74) is 15.2. The van der Waals surface area contributed by atoms with E-state index in [1.165, 1.54) is 36.5 Å². The molecule has 0 spiro atoms. The number of carboxylic acids is 2. The molecule has 4 rings (SSSR count). The van der Waals surface area contributed by atoms with Gasteiger partial charge in [0.2, 0.25) is 23.3 Å². The highest BCUT2D eigenvalue weighted by Gasteiger charge is 2.55. The van der Waals surface area contributed by atoms with Gasteiger partial charge in [0, 0.05) is 35.9 Å². The number of carbonyl (C=O) groups is 5. The van der Waals surface area contributed by atoms with Crippen LogP contribution >= 0.6 is 23.3 Å². The minimum Gasteiger partial charge on any atom is -0.478 e. The van der Waals surface area contributed by atoms with E-state index in [2.05, 4.69) is 30.5 Å². The summed E-state index contributed by atoms with van der Waals surface area (Å²) in [5.74, 6) is -4.28. The Morgan fingerprint density at radius 2 is 1.98 bits per heavy atom. The maximum Gasteiger partial charge on any atom is 0.352 e. The summed E-state index contributed by atoms with van der Waals surface area (Å²) in [7, 11) is 1.61. The molecular weight excluding hydrogens is 636 g/mol. The molecule has 2 aromatic rings. The average Bonchev–Trinajstić information content (AvgIpc) is 3.52. The first-order valence-corrected chi connectivity index (χ1v) is 14.9. The molecule has 242 valence electrons. The van der Waals surface area contributed by atoms with Crippen LogP contribution in [0.1, 0.15) is 19.7 Å². The largest absolute Gasteiger partial charge is 0.478 e. The Kier molecular flexibility index (Phi) is 9.48. The predicted molar refractivity (Wildman–Crippen MR) is 159 cm³/mol. The third kappa shape index (κ3) is 6.76. The zero-order valence-corrected chi connectivity index (χ0v) is 25.8. The van der Waals surface area contributed by atoms with Crippen molar-refractivity contribution in [2.24, 2.45) is 17.9 Å². The smallest absolute Gasteiger partial charge is 0.352 e. The van der Waals surface area contributed by atoms with Crippen LogP contribution in [0.2, 0.25) is 0 Å². The van der Waals surface area contributed by atoms with E-state index in [0.717, 1.165) is 16.4 Å². The van der Waals surface area contributed by atoms with Crippen molar-refractivity contribution in [1.82, 2.24) is 29.6 Å². The molecule has 4 amide bonds. The first-order chi connectivity index (χ1) is 21.2. The van der Waals surface area contributed by atoms with Gasteiger partial charge in [-0.2, -0.15) is 9.36 Å². The number of carbonyl (C=O) groups excluding carboxylic acids is 3. The summed E-state index contributed by atoms with van der Waals surface area (Å²) >= 11 is 1.96. The third-order valence-electron chi connectivity index (χ3n) is 6.60. The number of anilines is 3. The standard InChI is InChI=1S/C23H30N12O8S2/c1-23(2,20(40)41)43-31-11(15-30-21(26)45-32-15)16(36)29-12-17(37)35-13(19(38)39)9(8-44-18(12)35)6-34-7-10(14(25)33(34)3)28-22(42)27-5-4-24/h7,12,18,25H,4-6,8,24H2,1-3H3,(H7,26,27,28,29,30,32,36,38,39,40,41,42)/p+1/b31-11-/t12-,18?/m0/s1. The van der Waals surface area contributed by atoms with E-state index < -0.39 is 52.5 Å². The number of aliphatic carboxylic acids is 2. The topological polar surface area (TPSA) is 299 Å². The second-order valence-electron chi connectivity index (χ2n) is 10.1. The molecule has 2 aliphatic heterocycles. The molecule has 2 aliphatic rings. The molecule has 1 unspecified atom stereocenters. The van der Waals surface area contributed by atoms with Crippen LogP contribution in [0.5, 0.6) is 0 Å². The van der Waals surface area contributed by atoms with Crippen molar-refractivity contribution in [3.8, 4) is 0 Å². The minimum atomic E-state index is -1.82. The molecule has 0 saturated carbocycles. The molecule has 11 N–H and O–H groups in total.